The van der Waals surface area contributed by atoms with Crippen LogP contribution in [0.3, 0.4) is 0 Å². The van der Waals surface area contributed by atoms with Gasteiger partial charge in [-0.25, -0.2) is 4.39 Å². The summed E-state index contributed by atoms with van der Waals surface area (Å²) in [7, 11) is 0. The molecule has 0 aliphatic rings. The van der Waals surface area contributed by atoms with Gasteiger partial charge in [0, 0.05) is 14.9 Å². The number of hydrogen-bond acceptors (Lipinski definition) is 1. The van der Waals surface area contributed by atoms with Crippen molar-refractivity contribution in [3.63, 3.8) is 0 Å². The highest BCUT2D eigenvalue weighted by atomic mass is 79.9. The first-order valence-corrected chi connectivity index (χ1v) is 7.42. The molecular weight excluding hydrogens is 355 g/mol. The molecule has 4 heteroatoms. The van der Waals surface area contributed by atoms with Crippen molar-refractivity contribution >= 4 is 43.2 Å². The molecular formula is C12H9Br2FS. The number of thiophene rings is 1. The normalized spacial score (nSPS) is 12.7. The van der Waals surface area contributed by atoms with Crippen LogP contribution in [0.25, 0.3) is 0 Å². The highest BCUT2D eigenvalue weighted by molar-refractivity contribution is 9.10. The number of rotatable bonds is 3. The molecule has 1 aromatic heterocycles. The van der Waals surface area contributed by atoms with Crippen molar-refractivity contribution in [3.8, 4) is 0 Å². The fourth-order valence-electron chi connectivity index (χ4n) is 1.48. The number of halogens is 3. The van der Waals surface area contributed by atoms with Crippen LogP contribution < -0.4 is 0 Å². The lowest BCUT2D eigenvalue weighted by molar-refractivity contribution is 0.607. The summed E-state index contributed by atoms with van der Waals surface area (Å²) >= 11 is 8.45. The van der Waals surface area contributed by atoms with E-state index in [1.54, 1.807) is 11.3 Å². The second-order valence-corrected chi connectivity index (χ2v) is 6.27. The second-order valence-electron chi connectivity index (χ2n) is 3.47. The molecule has 0 saturated carbocycles. The fourth-order valence-corrected chi connectivity index (χ4v) is 3.24. The summed E-state index contributed by atoms with van der Waals surface area (Å²) in [6.45, 7) is 0. The Kier molecular flexibility index (Phi) is 4.16. The molecule has 0 radical (unpaired) electrons. The molecule has 16 heavy (non-hydrogen) atoms. The van der Waals surface area contributed by atoms with Crippen molar-refractivity contribution in [1.82, 2.24) is 0 Å². The first kappa shape index (κ1) is 12.3. The highest BCUT2D eigenvalue weighted by Crippen LogP contribution is 2.30. The maximum Gasteiger partial charge on any atom is 0.128 e. The van der Waals surface area contributed by atoms with Gasteiger partial charge < -0.3 is 0 Å². The van der Waals surface area contributed by atoms with Gasteiger partial charge in [0.15, 0.2) is 0 Å². The molecule has 1 unspecified atom stereocenters. The van der Waals surface area contributed by atoms with Crippen LogP contribution in [0, 0.1) is 5.82 Å². The van der Waals surface area contributed by atoms with E-state index < -0.39 is 0 Å². The van der Waals surface area contributed by atoms with E-state index in [1.165, 1.54) is 11.6 Å². The predicted octanol–water partition coefficient (Wildman–Crippen LogP) is 5.33. The molecule has 2 aromatic rings. The van der Waals surface area contributed by atoms with Gasteiger partial charge >= 0.3 is 0 Å². The lowest BCUT2D eigenvalue weighted by atomic mass is 10.1. The fraction of sp³-hybridized carbons (Fsp3) is 0.167. The molecule has 1 heterocycles. The van der Waals surface area contributed by atoms with Crippen LogP contribution in [-0.4, -0.2) is 0 Å². The van der Waals surface area contributed by atoms with Crippen molar-refractivity contribution in [2.75, 3.05) is 0 Å². The van der Waals surface area contributed by atoms with Crippen molar-refractivity contribution in [3.05, 3.63) is 56.4 Å². The first-order chi connectivity index (χ1) is 7.66. The molecule has 0 amide bonds. The first-order valence-electron chi connectivity index (χ1n) is 4.77. The third-order valence-electron chi connectivity index (χ3n) is 2.29. The van der Waals surface area contributed by atoms with E-state index in [4.69, 9.17) is 0 Å². The van der Waals surface area contributed by atoms with E-state index in [0.717, 1.165) is 10.9 Å². The van der Waals surface area contributed by atoms with Crippen molar-refractivity contribution in [2.45, 2.75) is 11.2 Å². The number of benzene rings is 1. The van der Waals surface area contributed by atoms with Gasteiger partial charge in [0.1, 0.15) is 5.82 Å². The summed E-state index contributed by atoms with van der Waals surface area (Å²) in [5.41, 5.74) is 1.93. The summed E-state index contributed by atoms with van der Waals surface area (Å²) in [5.74, 6) is -0.175. The zero-order valence-corrected chi connectivity index (χ0v) is 12.3. The van der Waals surface area contributed by atoms with E-state index in [-0.39, 0.29) is 10.6 Å². The van der Waals surface area contributed by atoms with Gasteiger partial charge in [0.05, 0.1) is 0 Å². The Morgan fingerprint density at radius 2 is 2.12 bits per heavy atom. The van der Waals surface area contributed by atoms with Crippen LogP contribution >= 0.6 is 43.2 Å². The minimum atomic E-state index is -0.175. The standard InChI is InChI=1S/C12H9Br2FS/c13-9-1-2-10(12(15)6-9)11(14)5-8-3-4-16-7-8/h1-4,6-7,11H,5H2. The summed E-state index contributed by atoms with van der Waals surface area (Å²) < 4.78 is 14.4. The third kappa shape index (κ3) is 2.93. The molecule has 0 nitrogen and oxygen atoms in total. The van der Waals surface area contributed by atoms with Crippen molar-refractivity contribution in [2.24, 2.45) is 0 Å². The zero-order chi connectivity index (χ0) is 11.5. The van der Waals surface area contributed by atoms with Crippen LogP contribution in [0.5, 0.6) is 0 Å². The van der Waals surface area contributed by atoms with Crippen LogP contribution in [0.15, 0.2) is 39.5 Å². The molecule has 0 N–H and O–H groups in total. The maximum absolute atomic E-state index is 13.7. The summed E-state index contributed by atoms with van der Waals surface area (Å²) in [6, 6.07) is 7.23. The Bertz CT molecular complexity index is 468. The Morgan fingerprint density at radius 3 is 2.75 bits per heavy atom. The molecule has 0 aliphatic carbocycles. The maximum atomic E-state index is 13.7. The van der Waals surface area contributed by atoms with Gasteiger partial charge in [-0.2, -0.15) is 11.3 Å². The molecule has 1 aromatic carbocycles. The molecule has 0 bridgehead atoms. The van der Waals surface area contributed by atoms with E-state index in [9.17, 15) is 4.39 Å². The molecule has 0 aliphatic heterocycles. The Labute approximate surface area is 115 Å². The average molecular weight is 364 g/mol. The molecule has 2 rings (SSSR count). The van der Waals surface area contributed by atoms with Gasteiger partial charge in [0.2, 0.25) is 0 Å². The smallest absolute Gasteiger partial charge is 0.128 e. The van der Waals surface area contributed by atoms with Crippen LogP contribution in [0.4, 0.5) is 4.39 Å². The molecule has 84 valence electrons. The van der Waals surface area contributed by atoms with Gasteiger partial charge in [0.25, 0.3) is 0 Å². The minimum absolute atomic E-state index is 0.0233. The van der Waals surface area contributed by atoms with Crippen molar-refractivity contribution in [1.29, 1.82) is 0 Å². The van der Waals surface area contributed by atoms with Gasteiger partial charge in [-0.05, 0) is 40.9 Å². The van der Waals surface area contributed by atoms with Crippen LogP contribution in [0.1, 0.15) is 16.0 Å². The minimum Gasteiger partial charge on any atom is -0.207 e. The van der Waals surface area contributed by atoms with Gasteiger partial charge in [-0.3, -0.25) is 0 Å². The molecule has 1 atom stereocenters. The quantitative estimate of drug-likeness (QED) is 0.646. The SMILES string of the molecule is Fc1cc(Br)ccc1C(Br)Cc1ccsc1. The highest BCUT2D eigenvalue weighted by Gasteiger charge is 2.13. The molecule has 0 fully saturated rings. The summed E-state index contributed by atoms with van der Waals surface area (Å²) in [5, 5.41) is 4.12. The second kappa shape index (κ2) is 5.43. The van der Waals surface area contributed by atoms with Crippen LogP contribution in [0.2, 0.25) is 0 Å². The topological polar surface area (TPSA) is 0 Å². The summed E-state index contributed by atoms with van der Waals surface area (Å²) in [4.78, 5) is 0.0233. The van der Waals surface area contributed by atoms with Gasteiger partial charge in [-0.1, -0.05) is 37.9 Å². The monoisotopic (exact) mass is 362 g/mol. The molecule has 0 saturated heterocycles. The number of alkyl halides is 1. The number of hydrogen-bond donors (Lipinski definition) is 0. The van der Waals surface area contributed by atoms with Crippen molar-refractivity contribution < 1.29 is 4.39 Å². The Hall–Kier alpha value is -0.190. The predicted molar refractivity (Wildman–Crippen MR) is 73.8 cm³/mol. The Morgan fingerprint density at radius 1 is 1.31 bits per heavy atom. The van der Waals surface area contributed by atoms with E-state index in [1.807, 2.05) is 17.5 Å². The molecule has 0 spiro atoms. The van der Waals surface area contributed by atoms with E-state index >= 15 is 0 Å². The third-order valence-corrected chi connectivity index (χ3v) is 4.34. The average Bonchev–Trinajstić information content (AvgIpc) is 2.70. The van der Waals surface area contributed by atoms with Gasteiger partial charge in [-0.15, -0.1) is 0 Å². The lowest BCUT2D eigenvalue weighted by Gasteiger charge is -2.10. The summed E-state index contributed by atoms with van der Waals surface area (Å²) in [6.07, 6.45) is 0.808. The zero-order valence-electron chi connectivity index (χ0n) is 8.29. The van der Waals surface area contributed by atoms with E-state index in [0.29, 0.717) is 5.56 Å². The van der Waals surface area contributed by atoms with Crippen LogP contribution in [-0.2, 0) is 6.42 Å². The largest absolute Gasteiger partial charge is 0.207 e. The lowest BCUT2D eigenvalue weighted by Crippen LogP contribution is -1.97. The van der Waals surface area contributed by atoms with E-state index in [2.05, 4.69) is 43.3 Å². The Balaban J connectivity index is 2.17.